The molecule has 1 aliphatic carbocycles. The van der Waals surface area contributed by atoms with Gasteiger partial charge in [0.2, 0.25) is 0 Å². The number of nitrogens with zero attached hydrogens (tertiary/aromatic N) is 2. The fourth-order valence-electron chi connectivity index (χ4n) is 3.71. The fraction of sp³-hybridized carbons (Fsp3) is 0.733. The van der Waals surface area contributed by atoms with Crippen LogP contribution in [0.1, 0.15) is 55.4 Å². The van der Waals surface area contributed by atoms with Gasteiger partial charge in [-0.3, -0.25) is 4.79 Å². The molecule has 2 heterocycles. The highest BCUT2D eigenvalue weighted by Crippen LogP contribution is 2.34. The lowest BCUT2D eigenvalue weighted by molar-refractivity contribution is -0.00165. The van der Waals surface area contributed by atoms with Gasteiger partial charge >= 0.3 is 0 Å². The normalized spacial score (nSPS) is 31.2. The summed E-state index contributed by atoms with van der Waals surface area (Å²) in [6, 6.07) is 1.77. The molecule has 5 nitrogen and oxygen atoms in total. The molecule has 0 bridgehead atoms. The zero-order valence-corrected chi connectivity index (χ0v) is 11.7. The predicted molar refractivity (Wildman–Crippen MR) is 73.1 cm³/mol. The van der Waals surface area contributed by atoms with Gasteiger partial charge in [0.25, 0.3) is 5.91 Å². The summed E-state index contributed by atoms with van der Waals surface area (Å²) in [5.74, 6) is 0.168. The van der Waals surface area contributed by atoms with E-state index in [0.29, 0.717) is 5.69 Å². The zero-order chi connectivity index (χ0) is 13.9. The minimum absolute atomic E-state index is 0.0544. The number of carbonyl (C=O) groups is 1. The molecule has 2 fully saturated rings. The van der Waals surface area contributed by atoms with Gasteiger partial charge in [-0.15, -0.1) is 0 Å². The average molecular weight is 278 g/mol. The molecule has 3 rings (SSSR count). The summed E-state index contributed by atoms with van der Waals surface area (Å²) >= 11 is 0. The molecular weight excluding hydrogens is 256 g/mol. The second kappa shape index (κ2) is 5.95. The Kier molecular flexibility index (Phi) is 4.05. The molecule has 0 spiro atoms. The van der Waals surface area contributed by atoms with E-state index < -0.39 is 0 Å². The van der Waals surface area contributed by atoms with Crippen molar-refractivity contribution in [2.24, 2.45) is 5.92 Å². The van der Waals surface area contributed by atoms with Gasteiger partial charge in [-0.1, -0.05) is 18.0 Å². The molecule has 1 saturated heterocycles. The van der Waals surface area contributed by atoms with Crippen molar-refractivity contribution in [3.63, 3.8) is 0 Å². The summed E-state index contributed by atoms with van der Waals surface area (Å²) in [7, 11) is 0. The molecular formula is C15H22N2O3. The number of carbonyl (C=O) groups excluding carboxylic acids is 1. The molecule has 5 heteroatoms. The minimum Gasteiger partial charge on any atom is -0.393 e. The van der Waals surface area contributed by atoms with E-state index in [-0.39, 0.29) is 24.0 Å². The first-order valence-corrected chi connectivity index (χ1v) is 7.67. The van der Waals surface area contributed by atoms with Crippen LogP contribution in [0.25, 0.3) is 0 Å². The van der Waals surface area contributed by atoms with Crippen LogP contribution in [-0.4, -0.2) is 39.8 Å². The van der Waals surface area contributed by atoms with Crippen molar-refractivity contribution in [2.75, 3.05) is 6.54 Å². The molecule has 1 aromatic heterocycles. The maximum atomic E-state index is 12.5. The molecule has 20 heavy (non-hydrogen) atoms. The lowest BCUT2D eigenvalue weighted by Gasteiger charge is -2.43. The van der Waals surface area contributed by atoms with E-state index in [1.807, 2.05) is 4.90 Å². The van der Waals surface area contributed by atoms with E-state index in [0.717, 1.165) is 51.5 Å². The Morgan fingerprint density at radius 3 is 2.80 bits per heavy atom. The number of aliphatic hydroxyl groups excluding tert-OH is 1. The van der Waals surface area contributed by atoms with Crippen LogP contribution in [0.15, 0.2) is 16.9 Å². The minimum atomic E-state index is -0.264. The number of hydrogen-bond donors (Lipinski definition) is 1. The van der Waals surface area contributed by atoms with Gasteiger partial charge in [0.1, 0.15) is 6.26 Å². The van der Waals surface area contributed by atoms with Crippen LogP contribution >= 0.6 is 0 Å². The molecule has 3 atom stereocenters. The molecule has 110 valence electrons. The quantitative estimate of drug-likeness (QED) is 0.900. The van der Waals surface area contributed by atoms with Gasteiger partial charge < -0.3 is 14.5 Å². The van der Waals surface area contributed by atoms with Crippen molar-refractivity contribution in [1.29, 1.82) is 0 Å². The topological polar surface area (TPSA) is 66.6 Å². The van der Waals surface area contributed by atoms with Crippen LogP contribution < -0.4 is 0 Å². The number of rotatable bonds is 2. The lowest BCUT2D eigenvalue weighted by Crippen LogP contribution is -2.51. The van der Waals surface area contributed by atoms with E-state index in [1.165, 1.54) is 6.26 Å². The van der Waals surface area contributed by atoms with Crippen LogP contribution in [-0.2, 0) is 0 Å². The third-order valence-corrected chi connectivity index (χ3v) is 4.74. The molecule has 3 unspecified atom stereocenters. The number of hydrogen-bond acceptors (Lipinski definition) is 4. The second-order valence-electron chi connectivity index (χ2n) is 5.96. The second-order valence-corrected chi connectivity index (χ2v) is 5.96. The number of likely N-dealkylation sites (tertiary alicyclic amines) is 1. The standard InChI is InChI=1S/C15H22N2O3/c18-14-7-2-1-5-11(14)13-6-3-4-9-17(13)15(19)12-8-10-20-16-12/h8,10-11,13-14,18H,1-7,9H2. The Morgan fingerprint density at radius 1 is 1.25 bits per heavy atom. The Hall–Kier alpha value is -1.36. The highest BCUT2D eigenvalue weighted by molar-refractivity contribution is 5.92. The average Bonchev–Trinajstić information content (AvgIpc) is 3.01. The lowest BCUT2D eigenvalue weighted by atomic mass is 9.78. The smallest absolute Gasteiger partial charge is 0.276 e. The van der Waals surface area contributed by atoms with Gasteiger partial charge in [-0.25, -0.2) is 0 Å². The van der Waals surface area contributed by atoms with Crippen molar-refractivity contribution < 1.29 is 14.4 Å². The van der Waals surface area contributed by atoms with Crippen LogP contribution in [0.4, 0.5) is 0 Å². The molecule has 0 aromatic carbocycles. The Balaban J connectivity index is 1.78. The number of aromatic nitrogens is 1. The first-order chi connectivity index (χ1) is 9.77. The van der Waals surface area contributed by atoms with Gasteiger partial charge in [-0.2, -0.15) is 0 Å². The van der Waals surface area contributed by atoms with Gasteiger partial charge in [-0.05, 0) is 32.1 Å². The van der Waals surface area contributed by atoms with Crippen molar-refractivity contribution >= 4 is 5.91 Å². The van der Waals surface area contributed by atoms with E-state index >= 15 is 0 Å². The van der Waals surface area contributed by atoms with Crippen LogP contribution in [0.5, 0.6) is 0 Å². The summed E-state index contributed by atoms with van der Waals surface area (Å²) in [5, 5.41) is 14.0. The van der Waals surface area contributed by atoms with E-state index in [2.05, 4.69) is 5.16 Å². The van der Waals surface area contributed by atoms with Crippen LogP contribution in [0, 0.1) is 5.92 Å². The molecule has 1 amide bonds. The largest absolute Gasteiger partial charge is 0.393 e. The Morgan fingerprint density at radius 2 is 2.05 bits per heavy atom. The monoisotopic (exact) mass is 278 g/mol. The Bertz CT molecular complexity index is 446. The summed E-state index contributed by atoms with van der Waals surface area (Å²) < 4.78 is 4.78. The van der Waals surface area contributed by atoms with Crippen molar-refractivity contribution in [1.82, 2.24) is 10.1 Å². The molecule has 2 aliphatic rings. The highest BCUT2D eigenvalue weighted by atomic mass is 16.5. The zero-order valence-electron chi connectivity index (χ0n) is 11.7. The van der Waals surface area contributed by atoms with Crippen molar-refractivity contribution in [3.8, 4) is 0 Å². The summed E-state index contributed by atoms with van der Waals surface area (Å²) in [4.78, 5) is 14.5. The molecule has 1 aromatic rings. The first-order valence-electron chi connectivity index (χ1n) is 7.67. The number of piperidine rings is 1. The summed E-state index contributed by atoms with van der Waals surface area (Å²) in [6.07, 6.45) is 8.47. The summed E-state index contributed by atoms with van der Waals surface area (Å²) in [5.41, 5.74) is 0.377. The maximum Gasteiger partial charge on any atom is 0.276 e. The SMILES string of the molecule is O=C(c1ccon1)N1CCCCC1C1CCCCC1O. The van der Waals surface area contributed by atoms with E-state index in [9.17, 15) is 9.90 Å². The molecule has 1 saturated carbocycles. The molecule has 1 N–H and O–H groups in total. The first kappa shape index (κ1) is 13.6. The highest BCUT2D eigenvalue weighted by Gasteiger charge is 2.38. The van der Waals surface area contributed by atoms with Crippen LogP contribution in [0.3, 0.4) is 0 Å². The predicted octanol–water partition coefficient (Wildman–Crippen LogP) is 2.22. The van der Waals surface area contributed by atoms with Gasteiger partial charge in [0.15, 0.2) is 5.69 Å². The van der Waals surface area contributed by atoms with Gasteiger partial charge in [0.05, 0.1) is 6.10 Å². The third kappa shape index (κ3) is 2.59. The number of aliphatic hydroxyl groups is 1. The maximum absolute atomic E-state index is 12.5. The van der Waals surface area contributed by atoms with E-state index in [1.54, 1.807) is 6.07 Å². The molecule has 1 aliphatic heterocycles. The van der Waals surface area contributed by atoms with Crippen molar-refractivity contribution in [3.05, 3.63) is 18.0 Å². The molecule has 0 radical (unpaired) electrons. The van der Waals surface area contributed by atoms with E-state index in [4.69, 9.17) is 4.52 Å². The Labute approximate surface area is 118 Å². The van der Waals surface area contributed by atoms with Crippen molar-refractivity contribution in [2.45, 2.75) is 57.1 Å². The number of amides is 1. The third-order valence-electron chi connectivity index (χ3n) is 4.74. The summed E-state index contributed by atoms with van der Waals surface area (Å²) in [6.45, 7) is 0.763. The van der Waals surface area contributed by atoms with Gasteiger partial charge in [0, 0.05) is 24.6 Å². The van der Waals surface area contributed by atoms with Crippen LogP contribution in [0.2, 0.25) is 0 Å². The fourth-order valence-corrected chi connectivity index (χ4v) is 3.71.